The van der Waals surface area contributed by atoms with E-state index in [9.17, 15) is 4.79 Å². The molecule has 0 bridgehead atoms. The number of benzene rings is 1. The molecule has 2 N–H and O–H groups in total. The second-order valence-corrected chi connectivity index (χ2v) is 8.26. The molecule has 1 aromatic carbocycles. The average Bonchev–Trinajstić information content (AvgIpc) is 3.33. The van der Waals surface area contributed by atoms with E-state index in [1.807, 2.05) is 4.68 Å². The molecular formula is C22H27N5O2. The first-order chi connectivity index (χ1) is 14.2. The van der Waals surface area contributed by atoms with Crippen molar-refractivity contribution in [1.82, 2.24) is 19.9 Å². The van der Waals surface area contributed by atoms with E-state index in [0.29, 0.717) is 30.7 Å². The van der Waals surface area contributed by atoms with Gasteiger partial charge in [-0.1, -0.05) is 43.3 Å². The molecule has 7 nitrogen and oxygen atoms in total. The number of fused-ring (bicyclic) bond motifs is 1. The maximum atomic E-state index is 12.8. The first-order valence-corrected chi connectivity index (χ1v) is 10.4. The smallest absolute Gasteiger partial charge is 0.273 e. The van der Waals surface area contributed by atoms with Gasteiger partial charge in [0.05, 0.1) is 19.4 Å². The highest BCUT2D eigenvalue weighted by Gasteiger charge is 2.39. The van der Waals surface area contributed by atoms with Crippen molar-refractivity contribution >= 4 is 11.5 Å². The van der Waals surface area contributed by atoms with Crippen molar-refractivity contribution in [1.29, 1.82) is 0 Å². The third-order valence-corrected chi connectivity index (χ3v) is 6.22. The molecule has 4 heterocycles. The SMILES string of the molecule is CC1CN(Cc2ccccc2)CC1C1NC(=O)c2cnc(C3=CCOCC3)n2N1. The van der Waals surface area contributed by atoms with Crippen molar-refractivity contribution in [3.63, 3.8) is 0 Å². The van der Waals surface area contributed by atoms with Crippen LogP contribution < -0.4 is 10.7 Å². The molecule has 5 rings (SSSR count). The summed E-state index contributed by atoms with van der Waals surface area (Å²) in [6.45, 7) is 6.48. The van der Waals surface area contributed by atoms with Crippen LogP contribution in [0.5, 0.6) is 0 Å². The second kappa shape index (κ2) is 7.65. The first-order valence-electron chi connectivity index (χ1n) is 10.4. The Morgan fingerprint density at radius 3 is 2.90 bits per heavy atom. The number of carbonyl (C=O) groups excluding carboxylic acids is 1. The predicted molar refractivity (Wildman–Crippen MR) is 111 cm³/mol. The molecule has 3 aliphatic rings. The summed E-state index contributed by atoms with van der Waals surface area (Å²) in [5.74, 6) is 1.57. The van der Waals surface area contributed by atoms with Crippen molar-refractivity contribution in [3.05, 3.63) is 59.7 Å². The highest BCUT2D eigenvalue weighted by Crippen LogP contribution is 2.29. The van der Waals surface area contributed by atoms with Crippen LogP contribution in [0.3, 0.4) is 0 Å². The summed E-state index contributed by atoms with van der Waals surface area (Å²) in [5, 5.41) is 3.16. The van der Waals surface area contributed by atoms with Gasteiger partial charge in [-0.3, -0.25) is 9.69 Å². The molecule has 3 unspecified atom stereocenters. The molecule has 7 heteroatoms. The zero-order valence-corrected chi connectivity index (χ0v) is 16.7. The largest absolute Gasteiger partial charge is 0.377 e. The normalized spacial score (nSPS) is 27.1. The number of hydrogen-bond donors (Lipinski definition) is 2. The third kappa shape index (κ3) is 3.56. The number of amides is 1. The average molecular weight is 393 g/mol. The highest BCUT2D eigenvalue weighted by atomic mass is 16.5. The van der Waals surface area contributed by atoms with Crippen molar-refractivity contribution in [3.8, 4) is 0 Å². The van der Waals surface area contributed by atoms with Crippen LogP contribution in [0.25, 0.3) is 5.57 Å². The molecule has 152 valence electrons. The van der Waals surface area contributed by atoms with Gasteiger partial charge in [0.2, 0.25) is 0 Å². The summed E-state index contributed by atoms with van der Waals surface area (Å²) in [7, 11) is 0. The number of nitrogens with zero attached hydrogens (tertiary/aromatic N) is 3. The lowest BCUT2D eigenvalue weighted by atomic mass is 9.94. The van der Waals surface area contributed by atoms with Gasteiger partial charge in [-0.05, 0) is 23.5 Å². The quantitative estimate of drug-likeness (QED) is 0.832. The predicted octanol–water partition coefficient (Wildman–Crippen LogP) is 2.07. The molecule has 1 fully saturated rings. The Morgan fingerprint density at radius 2 is 2.10 bits per heavy atom. The van der Waals surface area contributed by atoms with E-state index < -0.39 is 0 Å². The van der Waals surface area contributed by atoms with Gasteiger partial charge in [0, 0.05) is 25.6 Å². The molecule has 1 saturated heterocycles. The number of aromatic nitrogens is 2. The van der Waals surface area contributed by atoms with E-state index in [0.717, 1.165) is 37.5 Å². The monoisotopic (exact) mass is 393 g/mol. The van der Waals surface area contributed by atoms with Crippen LogP contribution in [0.1, 0.15) is 35.2 Å². The highest BCUT2D eigenvalue weighted by molar-refractivity contribution is 5.94. The van der Waals surface area contributed by atoms with Crippen LogP contribution in [0.15, 0.2) is 42.6 Å². The fraction of sp³-hybridized carbons (Fsp3) is 0.455. The van der Waals surface area contributed by atoms with Gasteiger partial charge in [0.25, 0.3) is 5.91 Å². The topological polar surface area (TPSA) is 71.4 Å². The maximum Gasteiger partial charge on any atom is 0.273 e. The van der Waals surface area contributed by atoms with Crippen molar-refractivity contribution in [2.24, 2.45) is 11.8 Å². The molecule has 3 atom stereocenters. The summed E-state index contributed by atoms with van der Waals surface area (Å²) < 4.78 is 7.30. The Balaban J connectivity index is 1.33. The van der Waals surface area contributed by atoms with Gasteiger partial charge in [0.1, 0.15) is 11.9 Å². The molecule has 1 amide bonds. The minimum Gasteiger partial charge on any atom is -0.377 e. The van der Waals surface area contributed by atoms with Crippen LogP contribution in [-0.4, -0.2) is 52.9 Å². The van der Waals surface area contributed by atoms with Gasteiger partial charge >= 0.3 is 0 Å². The number of nitrogens with one attached hydrogen (secondary N) is 2. The van der Waals surface area contributed by atoms with Gasteiger partial charge < -0.3 is 15.5 Å². The zero-order chi connectivity index (χ0) is 19.8. The Bertz CT molecular complexity index is 923. The van der Waals surface area contributed by atoms with E-state index in [1.165, 1.54) is 5.56 Å². The number of hydrogen-bond acceptors (Lipinski definition) is 5. The summed E-state index contributed by atoms with van der Waals surface area (Å²) in [5.41, 5.74) is 6.57. The number of imidazole rings is 1. The van der Waals surface area contributed by atoms with Gasteiger partial charge in [-0.15, -0.1) is 0 Å². The summed E-state index contributed by atoms with van der Waals surface area (Å²) in [6, 6.07) is 10.6. The summed E-state index contributed by atoms with van der Waals surface area (Å²) >= 11 is 0. The molecule has 0 spiro atoms. The maximum absolute atomic E-state index is 12.8. The second-order valence-electron chi connectivity index (χ2n) is 8.26. The molecule has 0 saturated carbocycles. The van der Waals surface area contributed by atoms with Crippen LogP contribution in [-0.2, 0) is 11.3 Å². The van der Waals surface area contributed by atoms with Crippen molar-refractivity contribution in [2.75, 3.05) is 31.7 Å². The van der Waals surface area contributed by atoms with Gasteiger partial charge in [-0.2, -0.15) is 0 Å². The van der Waals surface area contributed by atoms with Crippen LogP contribution in [0.2, 0.25) is 0 Å². The summed E-state index contributed by atoms with van der Waals surface area (Å²) in [6.07, 6.45) is 4.42. The fourth-order valence-corrected chi connectivity index (χ4v) is 4.69. The van der Waals surface area contributed by atoms with E-state index in [4.69, 9.17) is 4.74 Å². The van der Waals surface area contributed by atoms with Gasteiger partial charge in [0.15, 0.2) is 5.82 Å². The fourth-order valence-electron chi connectivity index (χ4n) is 4.69. The van der Waals surface area contributed by atoms with E-state index in [-0.39, 0.29) is 12.1 Å². The van der Waals surface area contributed by atoms with Crippen molar-refractivity contribution in [2.45, 2.75) is 26.1 Å². The Kier molecular flexibility index (Phi) is 4.85. The van der Waals surface area contributed by atoms with Crippen LogP contribution in [0.4, 0.5) is 0 Å². The molecule has 1 aromatic heterocycles. The van der Waals surface area contributed by atoms with Gasteiger partial charge in [-0.25, -0.2) is 9.66 Å². The molecule has 29 heavy (non-hydrogen) atoms. The standard InChI is InChI=1S/C22H27N5O2/c1-15-12-26(13-16-5-3-2-4-6-16)14-18(15)20-24-22(28)19-11-23-21(27(19)25-20)17-7-9-29-10-8-17/h2-7,11,15,18,20,25H,8-10,12-14H2,1H3,(H,24,28). The number of likely N-dealkylation sites (tertiary alicyclic amines) is 1. The lowest BCUT2D eigenvalue weighted by molar-refractivity contribution is 0.0891. The molecule has 3 aliphatic heterocycles. The van der Waals surface area contributed by atoms with Crippen LogP contribution >= 0.6 is 0 Å². The number of rotatable bonds is 4. The minimum absolute atomic E-state index is 0.0612. The number of carbonyl (C=O) groups is 1. The number of ether oxygens (including phenoxy) is 1. The Hall–Kier alpha value is -2.64. The Labute approximate surface area is 170 Å². The molecular weight excluding hydrogens is 366 g/mol. The Morgan fingerprint density at radius 1 is 1.24 bits per heavy atom. The molecule has 0 radical (unpaired) electrons. The molecule has 2 aromatic rings. The van der Waals surface area contributed by atoms with Crippen molar-refractivity contribution < 1.29 is 9.53 Å². The minimum atomic E-state index is -0.112. The lowest BCUT2D eigenvalue weighted by Crippen LogP contribution is -2.55. The summed E-state index contributed by atoms with van der Waals surface area (Å²) in [4.78, 5) is 19.8. The van der Waals surface area contributed by atoms with Crippen LogP contribution in [0, 0.1) is 11.8 Å². The zero-order valence-electron chi connectivity index (χ0n) is 16.7. The lowest BCUT2D eigenvalue weighted by Gasteiger charge is -2.34. The molecule has 0 aliphatic carbocycles. The van der Waals surface area contributed by atoms with E-state index in [2.05, 4.69) is 64.0 Å². The third-order valence-electron chi connectivity index (χ3n) is 6.22. The van der Waals surface area contributed by atoms with E-state index in [1.54, 1.807) is 6.20 Å². The first kappa shape index (κ1) is 18.4. The van der Waals surface area contributed by atoms with E-state index >= 15 is 0 Å².